The van der Waals surface area contributed by atoms with E-state index in [1.165, 1.54) is 29.8 Å². The van der Waals surface area contributed by atoms with Gasteiger partial charge in [0.15, 0.2) is 11.9 Å². The maximum Gasteiger partial charge on any atom is 0.339 e. The molecule has 17 heavy (non-hydrogen) atoms. The number of nitrogens with zero attached hydrogens (tertiary/aromatic N) is 1. The summed E-state index contributed by atoms with van der Waals surface area (Å²) in [5.41, 5.74) is -0.141. The van der Waals surface area contributed by atoms with Gasteiger partial charge < -0.3 is 9.30 Å². The predicted octanol–water partition coefficient (Wildman–Crippen LogP) is 0.910. The Morgan fingerprint density at radius 3 is 2.65 bits per heavy atom. The van der Waals surface area contributed by atoms with Gasteiger partial charge in [0.2, 0.25) is 0 Å². The van der Waals surface area contributed by atoms with Gasteiger partial charge in [-0.2, -0.15) is 0 Å². The number of carbonyl (C=O) groups excluding carboxylic acids is 2. The lowest BCUT2D eigenvalue weighted by molar-refractivity contribution is -0.126. The maximum absolute atomic E-state index is 11.6. The maximum atomic E-state index is 11.6. The average molecular weight is 237 g/mol. The zero-order valence-corrected chi connectivity index (χ0v) is 10.1. The number of hydrogen-bond donors (Lipinski definition) is 0. The highest BCUT2D eigenvalue weighted by Gasteiger charge is 2.17. The van der Waals surface area contributed by atoms with Crippen molar-refractivity contribution in [1.29, 1.82) is 0 Å². The third-order valence-electron chi connectivity index (χ3n) is 2.43. The Bertz CT molecular complexity index is 490. The van der Waals surface area contributed by atoms with Crippen LogP contribution in [0, 0.1) is 0 Å². The van der Waals surface area contributed by atoms with E-state index >= 15 is 0 Å². The fourth-order valence-corrected chi connectivity index (χ4v) is 1.26. The second-order valence-electron chi connectivity index (χ2n) is 3.73. The first-order chi connectivity index (χ1) is 7.95. The van der Waals surface area contributed by atoms with Crippen molar-refractivity contribution in [3.05, 3.63) is 34.2 Å². The van der Waals surface area contributed by atoms with Crippen LogP contribution in [-0.2, 0) is 16.6 Å². The highest BCUT2D eigenvalue weighted by atomic mass is 16.5. The van der Waals surface area contributed by atoms with Crippen LogP contribution in [0.15, 0.2) is 23.1 Å². The second-order valence-corrected chi connectivity index (χ2v) is 3.73. The molecular formula is C12H15NO4. The minimum absolute atomic E-state index is 0.151. The molecule has 0 amide bonds. The molecule has 0 aliphatic rings. The number of Topliss-reactive ketones (excluding diaryl/α,β-unsaturated/α-hetero) is 1. The van der Waals surface area contributed by atoms with Crippen LogP contribution >= 0.6 is 0 Å². The molecule has 5 nitrogen and oxygen atoms in total. The van der Waals surface area contributed by atoms with Gasteiger partial charge in [0.1, 0.15) is 0 Å². The van der Waals surface area contributed by atoms with E-state index in [-0.39, 0.29) is 16.9 Å². The molecule has 1 aromatic heterocycles. The molecule has 0 N–H and O–H groups in total. The number of ketones is 1. The number of esters is 1. The van der Waals surface area contributed by atoms with Crippen LogP contribution in [0.1, 0.15) is 30.6 Å². The monoisotopic (exact) mass is 237 g/mol. The Kier molecular flexibility index (Phi) is 4.20. The molecule has 0 spiro atoms. The van der Waals surface area contributed by atoms with Crippen LogP contribution in [0.25, 0.3) is 0 Å². The molecule has 1 aromatic rings. The van der Waals surface area contributed by atoms with Gasteiger partial charge in [-0.05, 0) is 13.0 Å². The fourth-order valence-electron chi connectivity index (χ4n) is 1.26. The van der Waals surface area contributed by atoms with E-state index in [1.54, 1.807) is 14.0 Å². The zero-order valence-electron chi connectivity index (χ0n) is 10.1. The van der Waals surface area contributed by atoms with E-state index in [9.17, 15) is 14.4 Å². The molecule has 0 aromatic carbocycles. The van der Waals surface area contributed by atoms with Crippen molar-refractivity contribution in [2.75, 3.05) is 0 Å². The van der Waals surface area contributed by atoms with Gasteiger partial charge in [-0.15, -0.1) is 0 Å². The normalized spacial score (nSPS) is 11.9. The van der Waals surface area contributed by atoms with Gasteiger partial charge in [0.05, 0.1) is 5.56 Å². The number of carbonyl (C=O) groups is 2. The van der Waals surface area contributed by atoms with Crippen LogP contribution in [0.2, 0.25) is 0 Å². The van der Waals surface area contributed by atoms with Crippen LogP contribution in [0.3, 0.4) is 0 Å². The number of aromatic nitrogens is 1. The molecule has 0 fully saturated rings. The van der Waals surface area contributed by atoms with Crippen LogP contribution in [0.4, 0.5) is 0 Å². The first-order valence-electron chi connectivity index (χ1n) is 5.36. The van der Waals surface area contributed by atoms with Crippen molar-refractivity contribution >= 4 is 11.8 Å². The molecule has 0 saturated heterocycles. The number of pyridine rings is 1. The van der Waals surface area contributed by atoms with Crippen molar-refractivity contribution in [1.82, 2.24) is 4.57 Å². The van der Waals surface area contributed by atoms with Gasteiger partial charge in [0, 0.05) is 25.7 Å². The number of hydrogen-bond acceptors (Lipinski definition) is 4. The number of ether oxygens (including phenoxy) is 1. The van der Waals surface area contributed by atoms with E-state index in [2.05, 4.69) is 0 Å². The van der Waals surface area contributed by atoms with Gasteiger partial charge in [-0.25, -0.2) is 4.79 Å². The van der Waals surface area contributed by atoms with Crippen molar-refractivity contribution in [2.45, 2.75) is 26.4 Å². The first kappa shape index (κ1) is 13.2. The lowest BCUT2D eigenvalue weighted by Crippen LogP contribution is -2.25. The SMILES string of the molecule is CCC(=O)[C@H](C)OC(=O)c1ccn(C)c(=O)c1. The Morgan fingerprint density at radius 1 is 1.47 bits per heavy atom. The minimum Gasteiger partial charge on any atom is -0.451 e. The minimum atomic E-state index is -0.781. The summed E-state index contributed by atoms with van der Waals surface area (Å²) in [7, 11) is 1.58. The van der Waals surface area contributed by atoms with Gasteiger partial charge >= 0.3 is 5.97 Å². The summed E-state index contributed by atoms with van der Waals surface area (Å²) in [6.45, 7) is 3.22. The Balaban J connectivity index is 2.80. The smallest absolute Gasteiger partial charge is 0.339 e. The quantitative estimate of drug-likeness (QED) is 0.730. The molecule has 0 bridgehead atoms. The summed E-state index contributed by atoms with van der Waals surface area (Å²) >= 11 is 0. The van der Waals surface area contributed by atoms with Crippen LogP contribution < -0.4 is 5.56 Å². The number of rotatable bonds is 4. The molecule has 0 unspecified atom stereocenters. The second kappa shape index (κ2) is 5.43. The van der Waals surface area contributed by atoms with E-state index < -0.39 is 12.1 Å². The third-order valence-corrected chi connectivity index (χ3v) is 2.43. The summed E-state index contributed by atoms with van der Waals surface area (Å²) in [5, 5.41) is 0. The standard InChI is InChI=1S/C12H15NO4/c1-4-10(14)8(2)17-12(16)9-5-6-13(3)11(15)7-9/h5-8H,4H2,1-3H3/t8-/m0/s1. The Morgan fingerprint density at radius 2 is 2.12 bits per heavy atom. The van der Waals surface area contributed by atoms with Crippen molar-refractivity contribution in [3.8, 4) is 0 Å². The largest absolute Gasteiger partial charge is 0.451 e. The Labute approximate surface area is 99.0 Å². The van der Waals surface area contributed by atoms with Gasteiger partial charge in [0.25, 0.3) is 5.56 Å². The van der Waals surface area contributed by atoms with E-state index in [0.29, 0.717) is 6.42 Å². The first-order valence-corrected chi connectivity index (χ1v) is 5.36. The van der Waals surface area contributed by atoms with E-state index in [1.807, 2.05) is 0 Å². The van der Waals surface area contributed by atoms with Crippen LogP contribution in [0.5, 0.6) is 0 Å². The fraction of sp³-hybridized carbons (Fsp3) is 0.417. The number of aryl methyl sites for hydroxylation is 1. The van der Waals surface area contributed by atoms with Crippen LogP contribution in [-0.4, -0.2) is 22.4 Å². The molecule has 0 radical (unpaired) electrons. The summed E-state index contributed by atoms with van der Waals surface area (Å²) in [5.74, 6) is -0.806. The molecule has 1 atom stereocenters. The van der Waals surface area contributed by atoms with Gasteiger partial charge in [-0.1, -0.05) is 6.92 Å². The summed E-state index contributed by atoms with van der Waals surface area (Å²) < 4.78 is 6.29. The summed E-state index contributed by atoms with van der Waals surface area (Å²) in [6.07, 6.45) is 1.01. The molecule has 0 aliphatic heterocycles. The van der Waals surface area contributed by atoms with Crippen molar-refractivity contribution in [2.24, 2.45) is 7.05 Å². The molecule has 92 valence electrons. The highest BCUT2D eigenvalue weighted by molar-refractivity contribution is 5.92. The van der Waals surface area contributed by atoms with E-state index in [0.717, 1.165) is 0 Å². The molecule has 5 heteroatoms. The molecule has 1 heterocycles. The average Bonchev–Trinajstić information content (AvgIpc) is 2.31. The van der Waals surface area contributed by atoms with Crippen molar-refractivity contribution < 1.29 is 14.3 Å². The predicted molar refractivity (Wildman–Crippen MR) is 61.9 cm³/mol. The molecule has 0 aliphatic carbocycles. The highest BCUT2D eigenvalue weighted by Crippen LogP contribution is 2.03. The topological polar surface area (TPSA) is 65.4 Å². The van der Waals surface area contributed by atoms with E-state index in [4.69, 9.17) is 4.74 Å². The van der Waals surface area contributed by atoms with Gasteiger partial charge in [-0.3, -0.25) is 9.59 Å². The molecule has 0 saturated carbocycles. The third kappa shape index (κ3) is 3.27. The Hall–Kier alpha value is -1.91. The lowest BCUT2D eigenvalue weighted by atomic mass is 10.2. The molecular weight excluding hydrogens is 222 g/mol. The summed E-state index contributed by atoms with van der Waals surface area (Å²) in [6, 6.07) is 2.67. The zero-order chi connectivity index (χ0) is 13.0. The van der Waals surface area contributed by atoms with Crippen molar-refractivity contribution in [3.63, 3.8) is 0 Å². The lowest BCUT2D eigenvalue weighted by Gasteiger charge is -2.11. The molecule has 1 rings (SSSR count). The summed E-state index contributed by atoms with van der Waals surface area (Å²) in [4.78, 5) is 34.2.